The molecule has 0 bridgehead atoms. The molecular formula is C7H14BrNO2. The Morgan fingerprint density at radius 3 is 2.45 bits per heavy atom. The molecule has 0 fully saturated rings. The minimum absolute atomic E-state index is 0.115. The van der Waals surface area contributed by atoms with Gasteiger partial charge in [0.1, 0.15) is 0 Å². The molecule has 2 N–H and O–H groups in total. The Morgan fingerprint density at radius 1 is 1.73 bits per heavy atom. The molecule has 11 heavy (non-hydrogen) atoms. The number of amides is 1. The van der Waals surface area contributed by atoms with Crippen molar-refractivity contribution in [1.29, 1.82) is 0 Å². The number of nitrogens with one attached hydrogen (secondary N) is 1. The molecule has 1 amide bonds. The van der Waals surface area contributed by atoms with Crippen LogP contribution in [-0.4, -0.2) is 28.0 Å². The molecule has 1 atom stereocenters. The molecule has 0 aliphatic rings. The van der Waals surface area contributed by atoms with Crippen molar-refractivity contribution >= 4 is 21.8 Å². The maximum absolute atomic E-state index is 10.9. The summed E-state index contributed by atoms with van der Waals surface area (Å²) in [5, 5.41) is 12.1. The summed E-state index contributed by atoms with van der Waals surface area (Å²) in [6, 6.07) is 0. The van der Waals surface area contributed by atoms with Crippen molar-refractivity contribution in [3.8, 4) is 0 Å². The largest absolute Gasteiger partial charge is 0.391 e. The van der Waals surface area contributed by atoms with Crippen molar-refractivity contribution in [2.24, 2.45) is 0 Å². The van der Waals surface area contributed by atoms with Crippen LogP contribution in [0.15, 0.2) is 0 Å². The first-order valence-electron chi connectivity index (χ1n) is 3.45. The van der Waals surface area contributed by atoms with Gasteiger partial charge in [0.2, 0.25) is 5.91 Å². The van der Waals surface area contributed by atoms with Crippen LogP contribution in [0.4, 0.5) is 0 Å². The molecule has 4 heteroatoms. The number of carbonyl (C=O) groups excluding carboxylic acids is 1. The lowest BCUT2D eigenvalue weighted by atomic mass is 9.99. The lowest BCUT2D eigenvalue weighted by Crippen LogP contribution is -2.51. The molecule has 0 saturated carbocycles. The van der Waals surface area contributed by atoms with Gasteiger partial charge >= 0.3 is 0 Å². The lowest BCUT2D eigenvalue weighted by molar-refractivity contribution is -0.121. The monoisotopic (exact) mass is 223 g/mol. The number of aliphatic hydroxyl groups is 1. The highest BCUT2D eigenvalue weighted by atomic mass is 79.9. The SMILES string of the molecule is CC(O)C(C)(C)NC(=O)CBr. The predicted octanol–water partition coefficient (Wildman–Crippen LogP) is 0.657. The van der Waals surface area contributed by atoms with E-state index in [1.54, 1.807) is 20.8 Å². The van der Waals surface area contributed by atoms with Gasteiger partial charge in [-0.1, -0.05) is 15.9 Å². The highest BCUT2D eigenvalue weighted by Gasteiger charge is 2.25. The van der Waals surface area contributed by atoms with Crippen LogP contribution in [0.25, 0.3) is 0 Å². The molecule has 66 valence electrons. The molecule has 1 unspecified atom stereocenters. The summed E-state index contributed by atoms with van der Waals surface area (Å²) >= 11 is 3.02. The summed E-state index contributed by atoms with van der Waals surface area (Å²) in [5.74, 6) is -0.115. The fourth-order valence-electron chi connectivity index (χ4n) is 0.497. The van der Waals surface area contributed by atoms with Gasteiger partial charge in [-0.15, -0.1) is 0 Å². The molecule has 0 aromatic carbocycles. The molecule has 0 heterocycles. The van der Waals surface area contributed by atoms with Gasteiger partial charge in [-0.25, -0.2) is 0 Å². The van der Waals surface area contributed by atoms with Crippen LogP contribution in [0, 0.1) is 0 Å². The molecule has 0 aliphatic carbocycles. The first kappa shape index (κ1) is 10.9. The number of hydrogen-bond donors (Lipinski definition) is 2. The number of hydrogen-bond acceptors (Lipinski definition) is 2. The summed E-state index contributed by atoms with van der Waals surface area (Å²) < 4.78 is 0. The molecule has 0 aromatic heterocycles. The summed E-state index contributed by atoms with van der Waals surface area (Å²) in [6.45, 7) is 5.20. The molecular weight excluding hydrogens is 210 g/mol. The molecule has 3 nitrogen and oxygen atoms in total. The molecule has 0 rings (SSSR count). The third-order valence-corrected chi connectivity index (χ3v) is 2.14. The second kappa shape index (κ2) is 4.07. The van der Waals surface area contributed by atoms with Gasteiger partial charge in [0.05, 0.1) is 17.0 Å². The van der Waals surface area contributed by atoms with E-state index in [0.29, 0.717) is 0 Å². The van der Waals surface area contributed by atoms with Crippen molar-refractivity contribution in [2.75, 3.05) is 5.33 Å². The number of carbonyl (C=O) groups is 1. The lowest BCUT2D eigenvalue weighted by Gasteiger charge is -2.28. The maximum atomic E-state index is 10.9. The Balaban J connectivity index is 4.01. The van der Waals surface area contributed by atoms with E-state index in [2.05, 4.69) is 21.2 Å². The fourth-order valence-corrected chi connectivity index (χ4v) is 0.637. The van der Waals surface area contributed by atoms with Crippen molar-refractivity contribution in [1.82, 2.24) is 5.32 Å². The summed E-state index contributed by atoms with van der Waals surface area (Å²) in [6.07, 6.45) is -0.550. The third-order valence-electron chi connectivity index (χ3n) is 1.63. The zero-order valence-corrected chi connectivity index (χ0v) is 8.60. The van der Waals surface area contributed by atoms with E-state index in [0.717, 1.165) is 0 Å². The fraction of sp³-hybridized carbons (Fsp3) is 0.857. The number of halogens is 1. The van der Waals surface area contributed by atoms with Crippen LogP contribution in [0.3, 0.4) is 0 Å². The summed E-state index contributed by atoms with van der Waals surface area (Å²) in [4.78, 5) is 10.9. The van der Waals surface area contributed by atoms with Gasteiger partial charge in [-0.3, -0.25) is 4.79 Å². The van der Waals surface area contributed by atoms with E-state index in [4.69, 9.17) is 0 Å². The van der Waals surface area contributed by atoms with Crippen LogP contribution in [-0.2, 0) is 4.79 Å². The Morgan fingerprint density at radius 2 is 2.18 bits per heavy atom. The zero-order chi connectivity index (χ0) is 9.07. The van der Waals surface area contributed by atoms with E-state index in [1.807, 2.05) is 0 Å². The minimum atomic E-state index is -0.551. The van der Waals surface area contributed by atoms with Crippen LogP contribution in [0.2, 0.25) is 0 Å². The predicted molar refractivity (Wildman–Crippen MR) is 47.7 cm³/mol. The van der Waals surface area contributed by atoms with Crippen LogP contribution >= 0.6 is 15.9 Å². The van der Waals surface area contributed by atoms with Gasteiger partial charge in [0, 0.05) is 0 Å². The van der Waals surface area contributed by atoms with Crippen LogP contribution < -0.4 is 5.32 Å². The van der Waals surface area contributed by atoms with Crippen LogP contribution in [0.1, 0.15) is 20.8 Å². The van der Waals surface area contributed by atoms with Gasteiger partial charge in [0.15, 0.2) is 0 Å². The first-order chi connectivity index (χ1) is 4.90. The average molecular weight is 224 g/mol. The van der Waals surface area contributed by atoms with Gasteiger partial charge in [0.25, 0.3) is 0 Å². The molecule has 0 aromatic rings. The van der Waals surface area contributed by atoms with Crippen molar-refractivity contribution in [3.63, 3.8) is 0 Å². The smallest absolute Gasteiger partial charge is 0.231 e. The maximum Gasteiger partial charge on any atom is 0.231 e. The highest BCUT2D eigenvalue weighted by Crippen LogP contribution is 2.07. The summed E-state index contributed by atoms with van der Waals surface area (Å²) in [5.41, 5.74) is -0.551. The highest BCUT2D eigenvalue weighted by molar-refractivity contribution is 9.09. The molecule has 0 saturated heterocycles. The molecule has 0 aliphatic heterocycles. The van der Waals surface area contributed by atoms with E-state index in [9.17, 15) is 9.90 Å². The van der Waals surface area contributed by atoms with E-state index < -0.39 is 11.6 Å². The Kier molecular flexibility index (Phi) is 4.03. The van der Waals surface area contributed by atoms with Crippen LogP contribution in [0.5, 0.6) is 0 Å². The minimum Gasteiger partial charge on any atom is -0.391 e. The molecule has 0 radical (unpaired) electrons. The number of aliphatic hydroxyl groups excluding tert-OH is 1. The second-order valence-corrected chi connectivity index (χ2v) is 3.64. The van der Waals surface area contributed by atoms with Gasteiger partial charge in [-0.05, 0) is 20.8 Å². The first-order valence-corrected chi connectivity index (χ1v) is 4.57. The van der Waals surface area contributed by atoms with Gasteiger partial charge < -0.3 is 10.4 Å². The Labute approximate surface area is 75.3 Å². The number of rotatable bonds is 3. The topological polar surface area (TPSA) is 49.3 Å². The van der Waals surface area contributed by atoms with E-state index >= 15 is 0 Å². The standard InChI is InChI=1S/C7H14BrNO2/c1-5(10)7(2,3)9-6(11)4-8/h5,10H,4H2,1-3H3,(H,9,11). The van der Waals surface area contributed by atoms with Crippen molar-refractivity contribution in [2.45, 2.75) is 32.4 Å². The zero-order valence-electron chi connectivity index (χ0n) is 7.02. The van der Waals surface area contributed by atoms with Gasteiger partial charge in [-0.2, -0.15) is 0 Å². The van der Waals surface area contributed by atoms with Crippen molar-refractivity contribution in [3.05, 3.63) is 0 Å². The third kappa shape index (κ3) is 3.72. The van der Waals surface area contributed by atoms with Crippen molar-refractivity contribution < 1.29 is 9.90 Å². The Hall–Kier alpha value is -0.0900. The normalized spacial score (nSPS) is 14.3. The summed E-state index contributed by atoms with van der Waals surface area (Å²) in [7, 11) is 0. The quantitative estimate of drug-likeness (QED) is 0.692. The molecule has 0 spiro atoms. The van der Waals surface area contributed by atoms with E-state index in [1.165, 1.54) is 0 Å². The average Bonchev–Trinajstić information content (AvgIpc) is 1.86. The van der Waals surface area contributed by atoms with E-state index in [-0.39, 0.29) is 11.2 Å². The second-order valence-electron chi connectivity index (χ2n) is 3.08. The Bertz CT molecular complexity index is 145. The number of alkyl halides is 1.